The van der Waals surface area contributed by atoms with Crippen molar-refractivity contribution in [3.05, 3.63) is 29.6 Å². The maximum atomic E-state index is 4.39. The van der Waals surface area contributed by atoms with E-state index in [0.717, 1.165) is 12.1 Å². The fourth-order valence-electron chi connectivity index (χ4n) is 1.87. The van der Waals surface area contributed by atoms with Gasteiger partial charge < -0.3 is 4.57 Å². The Balaban J connectivity index is 2.90. The minimum absolute atomic E-state index is 1.02. The molecule has 0 saturated carbocycles. The summed E-state index contributed by atoms with van der Waals surface area (Å²) in [5.74, 6) is 0. The molecule has 0 fully saturated rings. The molecule has 0 aliphatic carbocycles. The van der Waals surface area contributed by atoms with Crippen LogP contribution in [-0.2, 0) is 6.54 Å². The number of nitrogens with zero attached hydrogens (tertiary/aromatic N) is 2. The highest BCUT2D eigenvalue weighted by molar-refractivity contribution is 5.80. The first-order valence-electron chi connectivity index (χ1n) is 4.66. The number of hydrogen-bond acceptors (Lipinski definition) is 1. The maximum absolute atomic E-state index is 4.39. The molecule has 2 aromatic rings. The van der Waals surface area contributed by atoms with Crippen LogP contribution in [0.15, 0.2) is 18.3 Å². The Morgan fingerprint density at radius 3 is 2.85 bits per heavy atom. The summed E-state index contributed by atoms with van der Waals surface area (Å²) in [5, 5.41) is 0. The molecule has 0 aromatic carbocycles. The molecule has 0 atom stereocenters. The Morgan fingerprint density at radius 1 is 1.38 bits per heavy atom. The van der Waals surface area contributed by atoms with Crippen LogP contribution in [0.4, 0.5) is 0 Å². The van der Waals surface area contributed by atoms with Gasteiger partial charge in [0.05, 0.1) is 11.0 Å². The highest BCUT2D eigenvalue weighted by Crippen LogP contribution is 2.22. The summed E-state index contributed by atoms with van der Waals surface area (Å²) in [7, 11) is 0. The van der Waals surface area contributed by atoms with Crippen LogP contribution in [0.1, 0.15) is 18.2 Å². The topological polar surface area (TPSA) is 17.8 Å². The van der Waals surface area contributed by atoms with E-state index >= 15 is 0 Å². The molecule has 0 bridgehead atoms. The van der Waals surface area contributed by atoms with Crippen LogP contribution >= 0.6 is 0 Å². The normalized spacial score (nSPS) is 11.0. The molecule has 68 valence electrons. The van der Waals surface area contributed by atoms with Crippen molar-refractivity contribution < 1.29 is 0 Å². The van der Waals surface area contributed by atoms with Gasteiger partial charge in [0, 0.05) is 18.4 Å². The zero-order chi connectivity index (χ0) is 9.42. The Morgan fingerprint density at radius 2 is 2.15 bits per heavy atom. The van der Waals surface area contributed by atoms with Crippen LogP contribution in [0.25, 0.3) is 11.0 Å². The van der Waals surface area contributed by atoms with E-state index in [1.165, 1.54) is 16.8 Å². The van der Waals surface area contributed by atoms with Crippen molar-refractivity contribution >= 4 is 11.0 Å². The predicted molar refractivity (Wildman–Crippen MR) is 54.9 cm³/mol. The molecule has 2 aromatic heterocycles. The maximum Gasteiger partial charge on any atom is 0.0912 e. The first-order valence-corrected chi connectivity index (χ1v) is 4.66. The fraction of sp³-hybridized carbons (Fsp3) is 0.364. The number of pyridine rings is 1. The van der Waals surface area contributed by atoms with E-state index in [1.54, 1.807) is 0 Å². The third-order valence-corrected chi connectivity index (χ3v) is 2.70. The molecular weight excluding hydrogens is 160 g/mol. The average Bonchev–Trinajstić information content (AvgIpc) is 2.41. The van der Waals surface area contributed by atoms with E-state index in [2.05, 4.69) is 36.4 Å². The zero-order valence-electron chi connectivity index (χ0n) is 8.33. The minimum Gasteiger partial charge on any atom is -0.344 e. The number of aryl methyl sites for hydroxylation is 2. The minimum atomic E-state index is 1.02. The molecule has 0 aliphatic heterocycles. The molecule has 2 rings (SSSR count). The van der Waals surface area contributed by atoms with E-state index < -0.39 is 0 Å². The molecule has 0 unspecified atom stereocenters. The molecule has 13 heavy (non-hydrogen) atoms. The number of hydrogen-bond donors (Lipinski definition) is 0. The first-order chi connectivity index (χ1) is 6.25. The van der Waals surface area contributed by atoms with Gasteiger partial charge in [0.2, 0.25) is 0 Å². The molecule has 0 saturated heterocycles. The summed E-state index contributed by atoms with van der Waals surface area (Å²) in [5.41, 5.74) is 5.02. The summed E-state index contributed by atoms with van der Waals surface area (Å²) in [4.78, 5) is 4.39. The lowest BCUT2D eigenvalue weighted by Crippen LogP contribution is -1.95. The van der Waals surface area contributed by atoms with Gasteiger partial charge in [-0.05, 0) is 38.5 Å². The summed E-state index contributed by atoms with van der Waals surface area (Å²) < 4.78 is 2.30. The molecule has 0 N–H and O–H groups in total. The van der Waals surface area contributed by atoms with E-state index in [9.17, 15) is 0 Å². The Bertz CT molecular complexity index is 441. The van der Waals surface area contributed by atoms with Crippen LogP contribution in [-0.4, -0.2) is 9.55 Å². The number of fused-ring (bicyclic) bond motifs is 1. The van der Waals surface area contributed by atoms with Crippen molar-refractivity contribution in [2.24, 2.45) is 0 Å². The van der Waals surface area contributed by atoms with Gasteiger partial charge in [0.25, 0.3) is 0 Å². The van der Waals surface area contributed by atoms with Crippen molar-refractivity contribution in [2.45, 2.75) is 27.3 Å². The Labute approximate surface area is 78.2 Å². The van der Waals surface area contributed by atoms with Crippen molar-refractivity contribution in [2.75, 3.05) is 0 Å². The van der Waals surface area contributed by atoms with Gasteiger partial charge in [0.15, 0.2) is 0 Å². The first kappa shape index (κ1) is 8.30. The van der Waals surface area contributed by atoms with Crippen LogP contribution in [0, 0.1) is 13.8 Å². The van der Waals surface area contributed by atoms with Gasteiger partial charge in [0.1, 0.15) is 0 Å². The molecule has 2 heteroatoms. The van der Waals surface area contributed by atoms with Crippen LogP contribution in [0.2, 0.25) is 0 Å². The lowest BCUT2D eigenvalue weighted by Gasteiger charge is -2.02. The molecule has 2 heterocycles. The monoisotopic (exact) mass is 174 g/mol. The summed E-state index contributed by atoms with van der Waals surface area (Å²) in [6.45, 7) is 7.47. The third-order valence-electron chi connectivity index (χ3n) is 2.70. The summed E-state index contributed by atoms with van der Waals surface area (Å²) in [6.07, 6.45) is 1.86. The average molecular weight is 174 g/mol. The van der Waals surface area contributed by atoms with Crippen LogP contribution in [0.3, 0.4) is 0 Å². The second kappa shape index (κ2) is 2.87. The predicted octanol–water partition coefficient (Wildman–Crippen LogP) is 2.67. The highest BCUT2D eigenvalue weighted by atomic mass is 15.0. The number of rotatable bonds is 1. The molecule has 2 nitrogen and oxygen atoms in total. The quantitative estimate of drug-likeness (QED) is 0.650. The van der Waals surface area contributed by atoms with Crippen LogP contribution in [0.5, 0.6) is 0 Å². The molecular formula is C11H14N2. The smallest absolute Gasteiger partial charge is 0.0912 e. The van der Waals surface area contributed by atoms with Gasteiger partial charge >= 0.3 is 0 Å². The Kier molecular flexibility index (Phi) is 1.83. The highest BCUT2D eigenvalue weighted by Gasteiger charge is 2.08. The number of aromatic nitrogens is 2. The molecule has 0 amide bonds. The van der Waals surface area contributed by atoms with Crippen molar-refractivity contribution in [1.29, 1.82) is 0 Å². The van der Waals surface area contributed by atoms with Gasteiger partial charge in [-0.15, -0.1) is 0 Å². The SMILES string of the molecule is CCn1c(C)c(C)c2ncccc21. The summed E-state index contributed by atoms with van der Waals surface area (Å²) in [6, 6.07) is 4.12. The standard InChI is InChI=1S/C11H14N2/c1-4-13-9(3)8(2)11-10(13)6-5-7-12-11/h5-7H,4H2,1-3H3. The lowest BCUT2D eigenvalue weighted by molar-refractivity contribution is 0.766. The molecule has 0 radical (unpaired) electrons. The zero-order valence-corrected chi connectivity index (χ0v) is 8.33. The van der Waals surface area contributed by atoms with Gasteiger partial charge in [-0.3, -0.25) is 4.98 Å². The third kappa shape index (κ3) is 1.05. The van der Waals surface area contributed by atoms with Crippen molar-refractivity contribution in [3.8, 4) is 0 Å². The fourth-order valence-corrected chi connectivity index (χ4v) is 1.87. The van der Waals surface area contributed by atoms with E-state index in [-0.39, 0.29) is 0 Å². The molecule has 0 aliphatic rings. The Hall–Kier alpha value is -1.31. The second-order valence-electron chi connectivity index (χ2n) is 3.33. The lowest BCUT2D eigenvalue weighted by atomic mass is 10.2. The van der Waals surface area contributed by atoms with Crippen LogP contribution < -0.4 is 0 Å². The molecule has 0 spiro atoms. The van der Waals surface area contributed by atoms with Gasteiger partial charge in [-0.1, -0.05) is 0 Å². The van der Waals surface area contributed by atoms with Gasteiger partial charge in [-0.25, -0.2) is 0 Å². The van der Waals surface area contributed by atoms with E-state index in [1.807, 2.05) is 12.3 Å². The largest absolute Gasteiger partial charge is 0.344 e. The van der Waals surface area contributed by atoms with Crippen molar-refractivity contribution in [1.82, 2.24) is 9.55 Å². The van der Waals surface area contributed by atoms with E-state index in [4.69, 9.17) is 0 Å². The summed E-state index contributed by atoms with van der Waals surface area (Å²) >= 11 is 0. The second-order valence-corrected chi connectivity index (χ2v) is 3.33. The van der Waals surface area contributed by atoms with Gasteiger partial charge in [-0.2, -0.15) is 0 Å². The van der Waals surface area contributed by atoms with E-state index in [0.29, 0.717) is 0 Å². The van der Waals surface area contributed by atoms with Crippen molar-refractivity contribution in [3.63, 3.8) is 0 Å².